The minimum absolute atomic E-state index is 0.491. The Morgan fingerprint density at radius 3 is 2.59 bits per heavy atom. The highest BCUT2D eigenvalue weighted by atomic mass is 35.5. The smallest absolute Gasteiger partial charge is 0.109 e. The summed E-state index contributed by atoms with van der Waals surface area (Å²) in [5, 5.41) is 15.4. The van der Waals surface area contributed by atoms with Gasteiger partial charge in [-0.05, 0) is 25.1 Å². The van der Waals surface area contributed by atoms with Gasteiger partial charge in [-0.2, -0.15) is 5.10 Å². The zero-order chi connectivity index (χ0) is 12.6. The van der Waals surface area contributed by atoms with Gasteiger partial charge in [-0.25, -0.2) is 0 Å². The van der Waals surface area contributed by atoms with E-state index in [4.69, 9.17) is 23.2 Å². The Labute approximate surface area is 110 Å². The van der Waals surface area contributed by atoms with Gasteiger partial charge in [0.25, 0.3) is 0 Å². The molecule has 0 radical (unpaired) electrons. The fourth-order valence-corrected chi connectivity index (χ4v) is 2.08. The van der Waals surface area contributed by atoms with E-state index in [-0.39, 0.29) is 0 Å². The van der Waals surface area contributed by atoms with Gasteiger partial charge >= 0.3 is 0 Å². The van der Waals surface area contributed by atoms with Crippen molar-refractivity contribution in [1.29, 1.82) is 0 Å². The van der Waals surface area contributed by atoms with Crippen molar-refractivity contribution in [1.82, 2.24) is 9.78 Å². The van der Waals surface area contributed by atoms with Crippen molar-refractivity contribution in [3.63, 3.8) is 0 Å². The number of aromatic nitrogens is 2. The zero-order valence-electron chi connectivity index (χ0n) is 9.48. The van der Waals surface area contributed by atoms with E-state index in [1.165, 1.54) is 0 Å². The monoisotopic (exact) mass is 270 g/mol. The number of nitrogens with zero attached hydrogens (tertiary/aromatic N) is 2. The van der Waals surface area contributed by atoms with E-state index in [9.17, 15) is 5.11 Å². The quantitative estimate of drug-likeness (QED) is 0.911. The van der Waals surface area contributed by atoms with E-state index in [1.807, 2.05) is 14.0 Å². The van der Waals surface area contributed by atoms with Crippen molar-refractivity contribution in [2.75, 3.05) is 0 Å². The number of hydrogen-bond donors (Lipinski definition) is 1. The molecular formula is C12H12Cl2N2O. The van der Waals surface area contributed by atoms with Crippen molar-refractivity contribution in [2.45, 2.75) is 13.0 Å². The zero-order valence-corrected chi connectivity index (χ0v) is 11.0. The summed E-state index contributed by atoms with van der Waals surface area (Å²) in [5.74, 6) is 0. The van der Waals surface area contributed by atoms with Gasteiger partial charge in [-0.15, -0.1) is 0 Å². The Hall–Kier alpha value is -1.03. The number of benzene rings is 1. The molecule has 0 aliphatic carbocycles. The molecule has 1 N–H and O–H groups in total. The van der Waals surface area contributed by atoms with Crippen LogP contribution in [0.3, 0.4) is 0 Å². The lowest BCUT2D eigenvalue weighted by Crippen LogP contribution is -2.02. The molecule has 2 rings (SSSR count). The normalized spacial score (nSPS) is 12.8. The molecule has 1 aromatic heterocycles. The van der Waals surface area contributed by atoms with Gasteiger partial charge in [0.2, 0.25) is 0 Å². The molecule has 90 valence electrons. The molecule has 1 unspecified atom stereocenters. The minimum atomic E-state index is -0.810. The van der Waals surface area contributed by atoms with Gasteiger partial charge < -0.3 is 5.11 Å². The molecule has 0 bridgehead atoms. The second-order valence-corrected chi connectivity index (χ2v) is 4.72. The fraction of sp³-hybridized carbons (Fsp3) is 0.250. The van der Waals surface area contributed by atoms with Gasteiger partial charge in [0.05, 0.1) is 6.20 Å². The molecule has 0 saturated heterocycles. The van der Waals surface area contributed by atoms with Crippen LogP contribution >= 0.6 is 23.2 Å². The number of aliphatic hydroxyl groups is 1. The standard InChI is InChI=1S/C12H12Cl2N2O/c1-7-10(6-15-16(7)2)12(17)9-5-8(13)3-4-11(9)14/h3-6,12,17H,1-2H3. The molecule has 1 heterocycles. The molecule has 0 amide bonds. The molecule has 1 aromatic carbocycles. The maximum atomic E-state index is 10.3. The summed E-state index contributed by atoms with van der Waals surface area (Å²) in [6.45, 7) is 1.89. The number of aliphatic hydroxyl groups excluding tert-OH is 1. The molecule has 0 aliphatic rings. The van der Waals surface area contributed by atoms with Crippen LogP contribution in [0.5, 0.6) is 0 Å². The van der Waals surface area contributed by atoms with Crippen molar-refractivity contribution >= 4 is 23.2 Å². The SMILES string of the molecule is Cc1c(C(O)c2cc(Cl)ccc2Cl)cnn1C. The van der Waals surface area contributed by atoms with Crippen LogP contribution < -0.4 is 0 Å². The molecule has 0 aliphatic heterocycles. The van der Waals surface area contributed by atoms with Crippen molar-refractivity contribution in [3.05, 3.63) is 51.3 Å². The molecule has 2 aromatic rings. The highest BCUT2D eigenvalue weighted by Crippen LogP contribution is 2.31. The molecule has 0 saturated carbocycles. The Kier molecular flexibility index (Phi) is 3.43. The van der Waals surface area contributed by atoms with Gasteiger partial charge in [0.15, 0.2) is 0 Å². The number of hydrogen-bond acceptors (Lipinski definition) is 2. The lowest BCUT2D eigenvalue weighted by molar-refractivity contribution is 0.219. The molecule has 3 nitrogen and oxygen atoms in total. The summed E-state index contributed by atoms with van der Waals surface area (Å²) < 4.78 is 1.71. The van der Waals surface area contributed by atoms with E-state index in [2.05, 4.69) is 5.10 Å². The van der Waals surface area contributed by atoms with Crippen LogP contribution in [0.1, 0.15) is 22.9 Å². The van der Waals surface area contributed by atoms with Crippen LogP contribution in [0.4, 0.5) is 0 Å². The van der Waals surface area contributed by atoms with Crippen molar-refractivity contribution in [3.8, 4) is 0 Å². The first-order valence-electron chi connectivity index (χ1n) is 5.12. The number of halogens is 2. The summed E-state index contributed by atoms with van der Waals surface area (Å²) in [7, 11) is 1.82. The van der Waals surface area contributed by atoms with Crippen LogP contribution in [-0.4, -0.2) is 14.9 Å². The summed E-state index contributed by atoms with van der Waals surface area (Å²) in [6.07, 6.45) is 0.826. The van der Waals surface area contributed by atoms with Crippen LogP contribution in [-0.2, 0) is 7.05 Å². The Morgan fingerprint density at radius 2 is 2.00 bits per heavy atom. The topological polar surface area (TPSA) is 38.1 Å². The largest absolute Gasteiger partial charge is 0.383 e. The third-order valence-electron chi connectivity index (χ3n) is 2.82. The highest BCUT2D eigenvalue weighted by Gasteiger charge is 2.18. The van der Waals surface area contributed by atoms with Crippen LogP contribution in [0.2, 0.25) is 10.0 Å². The molecule has 1 atom stereocenters. The van der Waals surface area contributed by atoms with Crippen molar-refractivity contribution in [2.24, 2.45) is 7.05 Å². The Bertz CT molecular complexity index is 551. The van der Waals surface area contributed by atoms with Crippen LogP contribution in [0.15, 0.2) is 24.4 Å². The third kappa shape index (κ3) is 2.32. The van der Waals surface area contributed by atoms with E-state index in [0.717, 1.165) is 11.3 Å². The molecule has 0 fully saturated rings. The van der Waals surface area contributed by atoms with Crippen LogP contribution in [0.25, 0.3) is 0 Å². The Morgan fingerprint density at radius 1 is 1.29 bits per heavy atom. The van der Waals surface area contributed by atoms with Crippen molar-refractivity contribution < 1.29 is 5.11 Å². The lowest BCUT2D eigenvalue weighted by atomic mass is 10.0. The highest BCUT2D eigenvalue weighted by molar-refractivity contribution is 6.33. The third-order valence-corrected chi connectivity index (χ3v) is 3.40. The van der Waals surface area contributed by atoms with Gasteiger partial charge in [0, 0.05) is 33.9 Å². The summed E-state index contributed by atoms with van der Waals surface area (Å²) in [5.41, 5.74) is 2.22. The summed E-state index contributed by atoms with van der Waals surface area (Å²) in [6, 6.07) is 5.03. The summed E-state index contributed by atoms with van der Waals surface area (Å²) in [4.78, 5) is 0. The minimum Gasteiger partial charge on any atom is -0.383 e. The molecule has 5 heteroatoms. The first-order valence-corrected chi connectivity index (χ1v) is 5.88. The second-order valence-electron chi connectivity index (χ2n) is 3.88. The number of rotatable bonds is 2. The van der Waals surface area contributed by atoms with E-state index in [0.29, 0.717) is 15.6 Å². The first-order chi connectivity index (χ1) is 8.00. The van der Waals surface area contributed by atoms with E-state index < -0.39 is 6.10 Å². The fourth-order valence-electron chi connectivity index (χ4n) is 1.68. The maximum absolute atomic E-state index is 10.3. The van der Waals surface area contributed by atoms with E-state index >= 15 is 0 Å². The predicted octanol–water partition coefficient (Wildman–Crippen LogP) is 3.12. The van der Waals surface area contributed by atoms with Gasteiger partial charge in [-0.3, -0.25) is 4.68 Å². The lowest BCUT2D eigenvalue weighted by Gasteiger charge is -2.12. The average molecular weight is 271 g/mol. The van der Waals surface area contributed by atoms with Gasteiger partial charge in [-0.1, -0.05) is 23.2 Å². The average Bonchev–Trinajstić information content (AvgIpc) is 2.62. The van der Waals surface area contributed by atoms with Crippen LogP contribution in [0, 0.1) is 6.92 Å². The summed E-state index contributed by atoms with van der Waals surface area (Å²) >= 11 is 12.0. The number of aryl methyl sites for hydroxylation is 1. The first kappa shape index (κ1) is 12.4. The Balaban J connectivity index is 2.47. The second kappa shape index (κ2) is 4.69. The molecular weight excluding hydrogens is 259 g/mol. The molecule has 17 heavy (non-hydrogen) atoms. The maximum Gasteiger partial charge on any atom is 0.109 e. The molecule has 0 spiro atoms. The van der Waals surface area contributed by atoms with E-state index in [1.54, 1.807) is 29.1 Å². The van der Waals surface area contributed by atoms with Gasteiger partial charge in [0.1, 0.15) is 6.10 Å². The predicted molar refractivity (Wildman–Crippen MR) is 68.5 cm³/mol.